The molecule has 1 aromatic heterocycles. The average molecular weight is 260 g/mol. The second-order valence-electron chi connectivity index (χ2n) is 4.01. The zero-order valence-corrected chi connectivity index (χ0v) is 11.1. The Kier molecular flexibility index (Phi) is 4.62. The first-order valence-electron chi connectivity index (χ1n) is 6.04. The average Bonchev–Trinajstić information content (AvgIpc) is 2.81. The Balaban J connectivity index is 1.95. The van der Waals surface area contributed by atoms with Gasteiger partial charge in [-0.05, 0) is 25.1 Å². The molecule has 0 aliphatic heterocycles. The second kappa shape index (κ2) is 6.43. The maximum absolute atomic E-state index is 9.01. The van der Waals surface area contributed by atoms with Gasteiger partial charge in [0.15, 0.2) is 5.16 Å². The Hall–Kier alpha value is -1.51. The molecule has 2 N–H and O–H groups in total. The molecule has 4 nitrogen and oxygen atoms in total. The Morgan fingerprint density at radius 2 is 2.33 bits per heavy atom. The summed E-state index contributed by atoms with van der Waals surface area (Å²) in [5, 5.41) is 13.1. The number of nitriles is 1. The molecule has 18 heavy (non-hydrogen) atoms. The number of hydrogen-bond acceptors (Lipinski definition) is 4. The van der Waals surface area contributed by atoms with Crippen molar-refractivity contribution in [3.63, 3.8) is 0 Å². The van der Waals surface area contributed by atoms with Gasteiger partial charge in [0.25, 0.3) is 0 Å². The molecule has 0 aliphatic carbocycles. The van der Waals surface area contributed by atoms with Crippen molar-refractivity contribution in [1.82, 2.24) is 15.3 Å². The van der Waals surface area contributed by atoms with E-state index in [1.54, 1.807) is 11.8 Å². The molecule has 94 valence electrons. The molecule has 1 aromatic carbocycles. The van der Waals surface area contributed by atoms with Crippen LogP contribution in [0.5, 0.6) is 0 Å². The van der Waals surface area contributed by atoms with Crippen LogP contribution < -0.4 is 5.32 Å². The molecule has 0 bridgehead atoms. The van der Waals surface area contributed by atoms with Crippen LogP contribution in [0.1, 0.15) is 13.3 Å². The first kappa shape index (κ1) is 12.9. The summed E-state index contributed by atoms with van der Waals surface area (Å²) in [4.78, 5) is 7.72. The van der Waals surface area contributed by atoms with Crippen LogP contribution in [0.4, 0.5) is 0 Å². The predicted molar refractivity (Wildman–Crippen MR) is 74.5 cm³/mol. The Bertz CT molecular complexity index is 510. The Morgan fingerprint density at radius 3 is 3.06 bits per heavy atom. The topological polar surface area (TPSA) is 64.5 Å². The van der Waals surface area contributed by atoms with Gasteiger partial charge in [-0.25, -0.2) is 4.98 Å². The van der Waals surface area contributed by atoms with E-state index in [2.05, 4.69) is 28.3 Å². The first-order valence-corrected chi connectivity index (χ1v) is 7.02. The maximum atomic E-state index is 9.01. The van der Waals surface area contributed by atoms with Crippen molar-refractivity contribution in [3.05, 3.63) is 24.3 Å². The summed E-state index contributed by atoms with van der Waals surface area (Å²) >= 11 is 1.58. The number of H-pyrrole nitrogens is 1. The minimum atomic E-state index is -0.122. The highest BCUT2D eigenvalue weighted by molar-refractivity contribution is 7.99. The van der Waals surface area contributed by atoms with E-state index in [9.17, 15) is 0 Å². The van der Waals surface area contributed by atoms with Gasteiger partial charge in [-0.3, -0.25) is 0 Å². The quantitative estimate of drug-likeness (QED) is 0.783. The van der Waals surface area contributed by atoms with Gasteiger partial charge in [0.05, 0.1) is 17.1 Å². The van der Waals surface area contributed by atoms with Crippen LogP contribution in [-0.2, 0) is 0 Å². The third-order valence-electron chi connectivity index (χ3n) is 2.55. The maximum Gasteiger partial charge on any atom is 0.166 e. The molecule has 0 fully saturated rings. The molecule has 0 spiro atoms. The number of para-hydroxylation sites is 2. The number of rotatable bonds is 6. The minimum Gasteiger partial charge on any atom is -0.333 e. The Morgan fingerprint density at radius 1 is 1.50 bits per heavy atom. The van der Waals surface area contributed by atoms with E-state index in [1.807, 2.05) is 24.3 Å². The molecule has 2 rings (SSSR count). The summed E-state index contributed by atoms with van der Waals surface area (Å²) in [6.07, 6.45) is 1.04. The lowest BCUT2D eigenvalue weighted by atomic mass is 10.3. The number of thioether (sulfide) groups is 1. The van der Waals surface area contributed by atoms with Gasteiger partial charge < -0.3 is 10.3 Å². The largest absolute Gasteiger partial charge is 0.333 e. The molecule has 0 aliphatic rings. The predicted octanol–water partition coefficient (Wildman–Crippen LogP) is 2.55. The lowest BCUT2D eigenvalue weighted by molar-refractivity contribution is 0.637. The van der Waals surface area contributed by atoms with Gasteiger partial charge in [0.2, 0.25) is 0 Å². The highest BCUT2D eigenvalue weighted by atomic mass is 32.2. The third-order valence-corrected chi connectivity index (χ3v) is 3.52. The lowest BCUT2D eigenvalue weighted by Crippen LogP contribution is -2.30. The molecule has 2 aromatic rings. The van der Waals surface area contributed by atoms with Crippen LogP contribution in [0.2, 0.25) is 0 Å². The van der Waals surface area contributed by atoms with E-state index in [1.165, 1.54) is 0 Å². The Labute approximate surface area is 111 Å². The van der Waals surface area contributed by atoms with Gasteiger partial charge in [-0.1, -0.05) is 30.8 Å². The number of nitrogens with zero attached hydrogens (tertiary/aromatic N) is 2. The summed E-state index contributed by atoms with van der Waals surface area (Å²) in [5.74, 6) is 0.705. The molecule has 1 unspecified atom stereocenters. The smallest absolute Gasteiger partial charge is 0.166 e. The highest BCUT2D eigenvalue weighted by Gasteiger charge is 2.09. The van der Waals surface area contributed by atoms with Crippen LogP contribution in [0.25, 0.3) is 11.0 Å². The number of nitrogens with one attached hydrogen (secondary N) is 2. The van der Waals surface area contributed by atoms with Gasteiger partial charge in [0.1, 0.15) is 6.04 Å². The summed E-state index contributed by atoms with van der Waals surface area (Å²) < 4.78 is 0. The van der Waals surface area contributed by atoms with Gasteiger partial charge in [-0.2, -0.15) is 5.26 Å². The minimum absolute atomic E-state index is 0.122. The van der Waals surface area contributed by atoms with Crippen molar-refractivity contribution in [2.75, 3.05) is 12.3 Å². The molecule has 0 radical (unpaired) electrons. The number of benzene rings is 1. The van der Waals surface area contributed by atoms with Crippen molar-refractivity contribution < 1.29 is 0 Å². The molecule has 5 heteroatoms. The van der Waals surface area contributed by atoms with E-state index < -0.39 is 0 Å². The van der Waals surface area contributed by atoms with Crippen LogP contribution in [-0.4, -0.2) is 28.3 Å². The normalized spacial score (nSPS) is 12.4. The van der Waals surface area contributed by atoms with Crippen molar-refractivity contribution in [2.45, 2.75) is 24.5 Å². The van der Waals surface area contributed by atoms with E-state index in [0.717, 1.165) is 29.2 Å². The van der Waals surface area contributed by atoms with Crippen molar-refractivity contribution in [1.29, 1.82) is 5.26 Å². The molecule has 1 heterocycles. The second-order valence-corrected chi connectivity index (χ2v) is 5.01. The van der Waals surface area contributed by atoms with Crippen molar-refractivity contribution in [2.24, 2.45) is 0 Å². The zero-order chi connectivity index (χ0) is 12.8. The van der Waals surface area contributed by atoms with Crippen molar-refractivity contribution in [3.8, 4) is 6.07 Å². The fraction of sp³-hybridized carbons (Fsp3) is 0.385. The molecule has 0 amide bonds. The van der Waals surface area contributed by atoms with E-state index >= 15 is 0 Å². The number of aromatic nitrogens is 2. The number of fused-ring (bicyclic) bond motifs is 1. The van der Waals surface area contributed by atoms with E-state index in [4.69, 9.17) is 5.26 Å². The molecular weight excluding hydrogens is 244 g/mol. The zero-order valence-electron chi connectivity index (χ0n) is 10.3. The van der Waals surface area contributed by atoms with Gasteiger partial charge in [0, 0.05) is 5.75 Å². The molecular formula is C13H16N4S. The van der Waals surface area contributed by atoms with Crippen LogP contribution in [0.3, 0.4) is 0 Å². The standard InChI is InChI=1S/C13H16N4S/c1-2-7-15-10(8-14)9-18-13-16-11-5-3-4-6-12(11)17-13/h3-6,10,15H,2,7,9H2,1H3,(H,16,17). The third kappa shape index (κ3) is 3.25. The lowest BCUT2D eigenvalue weighted by Gasteiger charge is -2.08. The van der Waals surface area contributed by atoms with E-state index in [-0.39, 0.29) is 6.04 Å². The van der Waals surface area contributed by atoms with Crippen LogP contribution >= 0.6 is 11.8 Å². The molecule has 0 saturated heterocycles. The molecule has 0 saturated carbocycles. The van der Waals surface area contributed by atoms with E-state index in [0.29, 0.717) is 5.75 Å². The van der Waals surface area contributed by atoms with Gasteiger partial charge >= 0.3 is 0 Å². The summed E-state index contributed by atoms with van der Waals surface area (Å²) in [7, 11) is 0. The fourth-order valence-electron chi connectivity index (χ4n) is 1.62. The highest BCUT2D eigenvalue weighted by Crippen LogP contribution is 2.19. The number of hydrogen-bond donors (Lipinski definition) is 2. The van der Waals surface area contributed by atoms with Crippen LogP contribution in [0.15, 0.2) is 29.4 Å². The monoisotopic (exact) mass is 260 g/mol. The van der Waals surface area contributed by atoms with Crippen LogP contribution in [0, 0.1) is 11.3 Å². The number of aromatic amines is 1. The number of imidazole rings is 1. The SMILES string of the molecule is CCCNC(C#N)CSc1nc2ccccc2[nH]1. The van der Waals surface area contributed by atoms with Crippen molar-refractivity contribution >= 4 is 22.8 Å². The summed E-state index contributed by atoms with van der Waals surface area (Å²) in [6.45, 7) is 2.97. The fourth-order valence-corrected chi connectivity index (χ4v) is 2.48. The summed E-state index contributed by atoms with van der Waals surface area (Å²) in [5.41, 5.74) is 2.00. The van der Waals surface area contributed by atoms with Gasteiger partial charge in [-0.15, -0.1) is 0 Å². The molecule has 1 atom stereocenters. The summed E-state index contributed by atoms with van der Waals surface area (Å²) in [6, 6.07) is 10.1. The first-order chi connectivity index (χ1) is 8.83.